The van der Waals surface area contributed by atoms with Crippen LogP contribution in [-0.2, 0) is 21.3 Å². The lowest BCUT2D eigenvalue weighted by molar-refractivity contribution is 0.0376. The van der Waals surface area contributed by atoms with E-state index in [1.54, 1.807) is 11.4 Å². The number of hydrogen-bond acceptors (Lipinski definition) is 6. The average Bonchev–Trinajstić information content (AvgIpc) is 2.94. The molecule has 3 N–H and O–H groups in total. The molecule has 0 aliphatic carbocycles. The van der Waals surface area contributed by atoms with Gasteiger partial charge in [0.15, 0.2) is 0 Å². The number of sulfonamides is 1. The van der Waals surface area contributed by atoms with E-state index in [-0.39, 0.29) is 6.54 Å². The van der Waals surface area contributed by atoms with Gasteiger partial charge in [-0.3, -0.25) is 4.90 Å². The zero-order valence-electron chi connectivity index (χ0n) is 11.4. The van der Waals surface area contributed by atoms with Crippen molar-refractivity contribution < 1.29 is 13.2 Å². The summed E-state index contributed by atoms with van der Waals surface area (Å²) in [6.45, 7) is 4.96. The van der Waals surface area contributed by atoms with E-state index in [0.717, 1.165) is 39.3 Å². The molecular weight excluding hydrogens is 298 g/mol. The van der Waals surface area contributed by atoms with Crippen molar-refractivity contribution in [2.24, 2.45) is 5.73 Å². The fraction of sp³-hybridized carbons (Fsp3) is 0.667. The molecule has 0 atom stereocenters. The number of nitrogens with one attached hydrogen (secondary N) is 1. The van der Waals surface area contributed by atoms with E-state index in [0.29, 0.717) is 16.3 Å². The molecule has 8 heteroatoms. The Balaban J connectivity index is 1.78. The van der Waals surface area contributed by atoms with E-state index in [1.807, 2.05) is 0 Å². The number of hydrogen-bond donors (Lipinski definition) is 2. The first kappa shape index (κ1) is 15.9. The topological polar surface area (TPSA) is 84.7 Å². The summed E-state index contributed by atoms with van der Waals surface area (Å²) in [5.41, 5.74) is 5.54. The van der Waals surface area contributed by atoms with Crippen molar-refractivity contribution in [1.29, 1.82) is 0 Å². The predicted molar refractivity (Wildman–Crippen MR) is 79.3 cm³/mol. The summed E-state index contributed by atoms with van der Waals surface area (Å²) in [5.74, 6) is 0. The van der Waals surface area contributed by atoms with Gasteiger partial charge in [0, 0.05) is 31.1 Å². The van der Waals surface area contributed by atoms with Crippen molar-refractivity contribution in [3.8, 4) is 0 Å². The van der Waals surface area contributed by atoms with Crippen LogP contribution >= 0.6 is 11.3 Å². The molecule has 2 rings (SSSR count). The minimum Gasteiger partial charge on any atom is -0.379 e. The summed E-state index contributed by atoms with van der Waals surface area (Å²) >= 11 is 1.37. The van der Waals surface area contributed by atoms with Crippen molar-refractivity contribution >= 4 is 21.4 Å². The number of ether oxygens (including phenoxy) is 1. The summed E-state index contributed by atoms with van der Waals surface area (Å²) in [6, 6.07) is 1.61. The van der Waals surface area contributed by atoms with E-state index in [2.05, 4.69) is 9.62 Å². The molecule has 0 saturated carbocycles. The lowest BCUT2D eigenvalue weighted by Gasteiger charge is -2.26. The average molecular weight is 319 g/mol. The molecule has 1 fully saturated rings. The Labute approximate surface area is 124 Å². The predicted octanol–water partition coefficient (Wildman–Crippen LogP) is 0.207. The van der Waals surface area contributed by atoms with Gasteiger partial charge in [0.2, 0.25) is 10.0 Å². The van der Waals surface area contributed by atoms with Crippen LogP contribution in [0.4, 0.5) is 0 Å². The second-order valence-corrected chi connectivity index (χ2v) is 7.35. The normalized spacial score (nSPS) is 17.4. The van der Waals surface area contributed by atoms with E-state index < -0.39 is 10.0 Å². The first-order valence-corrected chi connectivity index (χ1v) is 9.06. The van der Waals surface area contributed by atoms with Gasteiger partial charge in [-0.15, -0.1) is 11.3 Å². The second kappa shape index (κ2) is 7.48. The number of morpholine rings is 1. The van der Waals surface area contributed by atoms with Gasteiger partial charge in [0.05, 0.1) is 18.1 Å². The molecule has 1 saturated heterocycles. The standard InChI is InChI=1S/C12H21N3O3S2/c13-10-11-12(2-9-19-11)20(16,17)14-3-1-4-15-5-7-18-8-6-15/h2,9,14H,1,3-8,10,13H2. The molecule has 0 bridgehead atoms. The van der Waals surface area contributed by atoms with Crippen LogP contribution in [0.5, 0.6) is 0 Å². The smallest absolute Gasteiger partial charge is 0.241 e. The maximum Gasteiger partial charge on any atom is 0.241 e. The Kier molecular flexibility index (Phi) is 5.94. The Morgan fingerprint density at radius 2 is 2.15 bits per heavy atom. The number of nitrogens with zero attached hydrogens (tertiary/aromatic N) is 1. The molecular formula is C12H21N3O3S2. The van der Waals surface area contributed by atoms with Crippen LogP contribution in [0, 0.1) is 0 Å². The van der Waals surface area contributed by atoms with Crippen LogP contribution in [0.25, 0.3) is 0 Å². The van der Waals surface area contributed by atoms with Crippen molar-refractivity contribution in [3.05, 3.63) is 16.3 Å². The van der Waals surface area contributed by atoms with Gasteiger partial charge in [-0.1, -0.05) is 0 Å². The molecule has 0 radical (unpaired) electrons. The Morgan fingerprint density at radius 1 is 1.40 bits per heavy atom. The highest BCUT2D eigenvalue weighted by Gasteiger charge is 2.18. The van der Waals surface area contributed by atoms with Crippen molar-refractivity contribution in [2.45, 2.75) is 17.9 Å². The van der Waals surface area contributed by atoms with Gasteiger partial charge in [-0.05, 0) is 24.4 Å². The van der Waals surface area contributed by atoms with Gasteiger partial charge in [0.1, 0.15) is 0 Å². The minimum atomic E-state index is -3.43. The Bertz CT molecular complexity index is 510. The highest BCUT2D eigenvalue weighted by Crippen LogP contribution is 2.20. The molecule has 1 aliphatic heterocycles. The van der Waals surface area contributed by atoms with Crippen LogP contribution in [0.1, 0.15) is 11.3 Å². The van der Waals surface area contributed by atoms with Crippen molar-refractivity contribution in [3.63, 3.8) is 0 Å². The molecule has 1 aromatic rings. The number of rotatable bonds is 7. The van der Waals surface area contributed by atoms with E-state index in [4.69, 9.17) is 10.5 Å². The van der Waals surface area contributed by atoms with E-state index in [1.165, 1.54) is 11.3 Å². The van der Waals surface area contributed by atoms with E-state index >= 15 is 0 Å². The first-order valence-electron chi connectivity index (χ1n) is 6.69. The van der Waals surface area contributed by atoms with Gasteiger partial charge in [0.25, 0.3) is 0 Å². The summed E-state index contributed by atoms with van der Waals surface area (Å²) < 4.78 is 32.2. The molecule has 114 valence electrons. The molecule has 6 nitrogen and oxygen atoms in total. The molecule has 0 aromatic carbocycles. The Morgan fingerprint density at radius 3 is 2.85 bits per heavy atom. The lowest BCUT2D eigenvalue weighted by Crippen LogP contribution is -2.38. The molecule has 1 aromatic heterocycles. The number of nitrogens with two attached hydrogens (primary N) is 1. The third-order valence-electron chi connectivity index (χ3n) is 3.23. The molecule has 0 unspecified atom stereocenters. The minimum absolute atomic E-state index is 0.252. The molecule has 1 aliphatic rings. The fourth-order valence-electron chi connectivity index (χ4n) is 2.13. The monoisotopic (exact) mass is 319 g/mol. The van der Waals surface area contributed by atoms with Crippen LogP contribution in [0.2, 0.25) is 0 Å². The molecule has 0 amide bonds. The highest BCUT2D eigenvalue weighted by atomic mass is 32.2. The first-order chi connectivity index (χ1) is 9.63. The van der Waals surface area contributed by atoms with Gasteiger partial charge in [-0.2, -0.15) is 0 Å². The summed E-state index contributed by atoms with van der Waals surface area (Å²) in [6.07, 6.45) is 0.793. The third kappa shape index (κ3) is 4.24. The van der Waals surface area contributed by atoms with Crippen molar-refractivity contribution in [1.82, 2.24) is 9.62 Å². The largest absolute Gasteiger partial charge is 0.379 e. The summed E-state index contributed by atoms with van der Waals surface area (Å²) in [4.78, 5) is 3.30. The quantitative estimate of drug-likeness (QED) is 0.702. The van der Waals surface area contributed by atoms with Crippen molar-refractivity contribution in [2.75, 3.05) is 39.4 Å². The molecule has 20 heavy (non-hydrogen) atoms. The van der Waals surface area contributed by atoms with Crippen LogP contribution in [0.3, 0.4) is 0 Å². The van der Waals surface area contributed by atoms with Crippen LogP contribution in [-0.4, -0.2) is 52.7 Å². The summed E-state index contributed by atoms with van der Waals surface area (Å²) in [7, 11) is -3.43. The highest BCUT2D eigenvalue weighted by molar-refractivity contribution is 7.89. The molecule has 0 spiro atoms. The SMILES string of the molecule is NCc1sccc1S(=O)(=O)NCCCN1CCOCC1. The zero-order valence-corrected chi connectivity index (χ0v) is 13.0. The van der Waals surface area contributed by atoms with Gasteiger partial charge >= 0.3 is 0 Å². The van der Waals surface area contributed by atoms with Gasteiger partial charge < -0.3 is 10.5 Å². The Hall–Kier alpha value is -0.510. The zero-order chi connectivity index (χ0) is 14.4. The maximum atomic E-state index is 12.1. The van der Waals surface area contributed by atoms with Crippen LogP contribution in [0.15, 0.2) is 16.3 Å². The maximum absolute atomic E-state index is 12.1. The van der Waals surface area contributed by atoms with Crippen LogP contribution < -0.4 is 10.5 Å². The molecule has 2 heterocycles. The van der Waals surface area contributed by atoms with E-state index in [9.17, 15) is 8.42 Å². The van der Waals surface area contributed by atoms with Gasteiger partial charge in [-0.25, -0.2) is 13.1 Å². The summed E-state index contributed by atoms with van der Waals surface area (Å²) in [5, 5.41) is 1.75. The number of thiophene rings is 1. The second-order valence-electron chi connectivity index (χ2n) is 4.62. The lowest BCUT2D eigenvalue weighted by atomic mass is 10.3. The fourth-order valence-corrected chi connectivity index (χ4v) is 4.54. The third-order valence-corrected chi connectivity index (χ3v) is 5.84.